The summed E-state index contributed by atoms with van der Waals surface area (Å²) in [6.45, 7) is 4.07. The molecule has 0 saturated carbocycles. The molecule has 0 fully saturated rings. The average Bonchev–Trinajstić information content (AvgIpc) is 2.48. The zero-order valence-corrected chi connectivity index (χ0v) is 13.7. The SMILES string of the molecule is CC(=O)N(CCC(=O)NCCCN(C)C)Cc1ccncc1. The number of amides is 2. The number of hydrogen-bond acceptors (Lipinski definition) is 4. The van der Waals surface area contributed by atoms with Gasteiger partial charge in [0.1, 0.15) is 0 Å². The van der Waals surface area contributed by atoms with Crippen molar-refractivity contribution in [3.05, 3.63) is 30.1 Å². The summed E-state index contributed by atoms with van der Waals surface area (Å²) in [5.41, 5.74) is 1.01. The Morgan fingerprint density at radius 2 is 1.86 bits per heavy atom. The van der Waals surface area contributed by atoms with Crippen LogP contribution >= 0.6 is 0 Å². The van der Waals surface area contributed by atoms with E-state index in [1.807, 2.05) is 26.2 Å². The molecule has 0 atom stereocenters. The third kappa shape index (κ3) is 7.73. The molecule has 0 aliphatic carbocycles. The van der Waals surface area contributed by atoms with Gasteiger partial charge in [-0.2, -0.15) is 0 Å². The standard InChI is InChI=1S/C16H26N4O2/c1-14(21)20(13-15-5-9-17-10-6-15)12-7-16(22)18-8-4-11-19(2)3/h5-6,9-10H,4,7-8,11-13H2,1-3H3,(H,18,22). The lowest BCUT2D eigenvalue weighted by atomic mass is 10.2. The molecule has 0 bridgehead atoms. The van der Waals surface area contributed by atoms with Crippen LogP contribution in [-0.4, -0.2) is 60.3 Å². The molecule has 0 spiro atoms. The van der Waals surface area contributed by atoms with Crippen LogP contribution in [0, 0.1) is 0 Å². The van der Waals surface area contributed by atoms with Crippen LogP contribution in [0.15, 0.2) is 24.5 Å². The quantitative estimate of drug-likeness (QED) is 0.688. The summed E-state index contributed by atoms with van der Waals surface area (Å²) in [5.74, 6) is -0.0445. The molecule has 0 saturated heterocycles. The summed E-state index contributed by atoms with van der Waals surface area (Å²) in [5, 5.41) is 2.88. The van der Waals surface area contributed by atoms with Crippen LogP contribution in [0.4, 0.5) is 0 Å². The van der Waals surface area contributed by atoms with Crippen molar-refractivity contribution in [1.82, 2.24) is 20.1 Å². The van der Waals surface area contributed by atoms with Gasteiger partial charge in [0.05, 0.1) is 0 Å². The zero-order valence-electron chi connectivity index (χ0n) is 13.7. The fraction of sp³-hybridized carbons (Fsp3) is 0.562. The molecule has 2 amide bonds. The predicted octanol–water partition coefficient (Wildman–Crippen LogP) is 0.888. The van der Waals surface area contributed by atoms with Gasteiger partial charge in [0.2, 0.25) is 11.8 Å². The van der Waals surface area contributed by atoms with Crippen molar-refractivity contribution in [1.29, 1.82) is 0 Å². The van der Waals surface area contributed by atoms with Crippen LogP contribution in [0.25, 0.3) is 0 Å². The summed E-state index contributed by atoms with van der Waals surface area (Å²) in [6.07, 6.45) is 4.65. The summed E-state index contributed by atoms with van der Waals surface area (Å²) >= 11 is 0. The molecule has 1 rings (SSSR count). The normalized spacial score (nSPS) is 10.5. The molecule has 0 aromatic carbocycles. The van der Waals surface area contributed by atoms with Crippen LogP contribution in [0.5, 0.6) is 0 Å². The largest absolute Gasteiger partial charge is 0.356 e. The predicted molar refractivity (Wildman–Crippen MR) is 86.1 cm³/mol. The van der Waals surface area contributed by atoms with Gasteiger partial charge in [0, 0.05) is 45.4 Å². The number of hydrogen-bond donors (Lipinski definition) is 1. The van der Waals surface area contributed by atoms with E-state index in [4.69, 9.17) is 0 Å². The van der Waals surface area contributed by atoms with Crippen molar-refractivity contribution in [2.45, 2.75) is 26.3 Å². The fourth-order valence-electron chi connectivity index (χ4n) is 2.00. The molecule has 0 radical (unpaired) electrons. The van der Waals surface area contributed by atoms with Gasteiger partial charge in [-0.3, -0.25) is 14.6 Å². The van der Waals surface area contributed by atoms with Gasteiger partial charge in [-0.25, -0.2) is 0 Å². The topological polar surface area (TPSA) is 65.5 Å². The van der Waals surface area contributed by atoms with E-state index >= 15 is 0 Å². The first-order chi connectivity index (χ1) is 10.5. The van der Waals surface area contributed by atoms with Gasteiger partial charge in [-0.15, -0.1) is 0 Å². The molecule has 6 nitrogen and oxygen atoms in total. The lowest BCUT2D eigenvalue weighted by molar-refractivity contribution is -0.130. The van der Waals surface area contributed by atoms with Gasteiger partial charge >= 0.3 is 0 Å². The van der Waals surface area contributed by atoms with Gasteiger partial charge in [-0.05, 0) is 44.8 Å². The second-order valence-corrected chi connectivity index (χ2v) is 5.55. The Labute approximate surface area is 132 Å². The van der Waals surface area contributed by atoms with Crippen LogP contribution in [0.3, 0.4) is 0 Å². The Morgan fingerprint density at radius 1 is 1.18 bits per heavy atom. The Kier molecular flexibility index (Phi) is 8.14. The first kappa shape index (κ1) is 18.1. The van der Waals surface area contributed by atoms with Crippen molar-refractivity contribution in [3.8, 4) is 0 Å². The van der Waals surface area contributed by atoms with E-state index in [-0.39, 0.29) is 11.8 Å². The number of carbonyl (C=O) groups excluding carboxylic acids is 2. The minimum absolute atomic E-state index is 0.0141. The third-order valence-corrected chi connectivity index (χ3v) is 3.28. The lowest BCUT2D eigenvalue weighted by Gasteiger charge is -2.21. The highest BCUT2D eigenvalue weighted by atomic mass is 16.2. The molecule has 1 heterocycles. The maximum Gasteiger partial charge on any atom is 0.221 e. The molecule has 1 N–H and O–H groups in total. The van der Waals surface area contributed by atoms with Gasteiger partial charge < -0.3 is 15.1 Å². The number of rotatable bonds is 9. The maximum atomic E-state index is 11.8. The average molecular weight is 306 g/mol. The minimum Gasteiger partial charge on any atom is -0.356 e. The molecule has 0 unspecified atom stereocenters. The summed E-state index contributed by atoms with van der Waals surface area (Å²) in [7, 11) is 4.01. The summed E-state index contributed by atoms with van der Waals surface area (Å²) in [6, 6.07) is 3.74. The molecule has 122 valence electrons. The van der Waals surface area contributed by atoms with Gasteiger partial charge in [0.25, 0.3) is 0 Å². The highest BCUT2D eigenvalue weighted by molar-refractivity contribution is 5.77. The molecular formula is C16H26N4O2. The Balaban J connectivity index is 2.32. The number of carbonyl (C=O) groups is 2. The molecular weight excluding hydrogens is 280 g/mol. The Bertz CT molecular complexity index is 462. The van der Waals surface area contributed by atoms with Crippen molar-refractivity contribution < 1.29 is 9.59 Å². The van der Waals surface area contributed by atoms with Crippen molar-refractivity contribution in [3.63, 3.8) is 0 Å². The first-order valence-corrected chi connectivity index (χ1v) is 7.55. The van der Waals surface area contributed by atoms with E-state index in [1.165, 1.54) is 6.92 Å². The highest BCUT2D eigenvalue weighted by Crippen LogP contribution is 2.04. The monoisotopic (exact) mass is 306 g/mol. The summed E-state index contributed by atoms with van der Waals surface area (Å²) < 4.78 is 0. The second kappa shape index (κ2) is 9.89. The maximum absolute atomic E-state index is 11.8. The fourth-order valence-corrected chi connectivity index (χ4v) is 2.00. The van der Waals surface area contributed by atoms with E-state index in [0.717, 1.165) is 18.5 Å². The number of pyridine rings is 1. The van der Waals surface area contributed by atoms with Crippen molar-refractivity contribution in [2.75, 3.05) is 33.7 Å². The first-order valence-electron chi connectivity index (χ1n) is 7.55. The smallest absolute Gasteiger partial charge is 0.221 e. The molecule has 0 aliphatic rings. The Morgan fingerprint density at radius 3 is 2.45 bits per heavy atom. The van der Waals surface area contributed by atoms with Crippen molar-refractivity contribution >= 4 is 11.8 Å². The third-order valence-electron chi connectivity index (χ3n) is 3.28. The minimum atomic E-state index is -0.0304. The molecule has 0 aliphatic heterocycles. The van der Waals surface area contributed by atoms with E-state index in [2.05, 4.69) is 15.2 Å². The van der Waals surface area contributed by atoms with Gasteiger partial charge in [-0.1, -0.05) is 0 Å². The molecule has 1 aromatic rings. The van der Waals surface area contributed by atoms with Crippen LogP contribution in [-0.2, 0) is 16.1 Å². The molecule has 6 heteroatoms. The van der Waals surface area contributed by atoms with E-state index in [0.29, 0.717) is 26.1 Å². The number of nitrogens with one attached hydrogen (secondary N) is 1. The highest BCUT2D eigenvalue weighted by Gasteiger charge is 2.11. The molecule has 22 heavy (non-hydrogen) atoms. The van der Waals surface area contributed by atoms with Crippen LogP contribution < -0.4 is 5.32 Å². The summed E-state index contributed by atoms with van der Waals surface area (Å²) in [4.78, 5) is 31.2. The van der Waals surface area contributed by atoms with Crippen molar-refractivity contribution in [2.24, 2.45) is 0 Å². The number of nitrogens with zero attached hydrogens (tertiary/aromatic N) is 3. The number of aromatic nitrogens is 1. The van der Waals surface area contributed by atoms with Gasteiger partial charge in [0.15, 0.2) is 0 Å². The van der Waals surface area contributed by atoms with Crippen LogP contribution in [0.1, 0.15) is 25.3 Å². The lowest BCUT2D eigenvalue weighted by Crippen LogP contribution is -2.34. The van der Waals surface area contributed by atoms with E-state index in [9.17, 15) is 9.59 Å². The van der Waals surface area contributed by atoms with Crippen LogP contribution in [0.2, 0.25) is 0 Å². The van der Waals surface area contributed by atoms with E-state index < -0.39 is 0 Å². The van der Waals surface area contributed by atoms with E-state index in [1.54, 1.807) is 17.3 Å². The molecule has 1 aromatic heterocycles. The second-order valence-electron chi connectivity index (χ2n) is 5.55. The Hall–Kier alpha value is -1.95. The zero-order chi connectivity index (χ0) is 16.4.